The summed E-state index contributed by atoms with van der Waals surface area (Å²) in [5.41, 5.74) is 0. The van der Waals surface area contributed by atoms with E-state index < -0.39 is 27.1 Å². The van der Waals surface area contributed by atoms with Gasteiger partial charge in [0.15, 0.2) is 0 Å². The lowest BCUT2D eigenvalue weighted by Crippen LogP contribution is -2.82. The molecule has 0 saturated heterocycles. The minimum atomic E-state index is -5.61. The normalized spacial score (nSPS) is 9.47. The van der Waals surface area contributed by atoms with Crippen LogP contribution in [0.3, 0.4) is 0 Å². The molecule has 0 aliphatic carbocycles. The van der Waals surface area contributed by atoms with Gasteiger partial charge in [0.1, 0.15) is 0 Å². The highest BCUT2D eigenvalue weighted by atomic mass is 28.4. The van der Waals surface area contributed by atoms with Crippen LogP contribution in [0.1, 0.15) is 0 Å². The van der Waals surface area contributed by atoms with E-state index in [1.54, 1.807) is 0 Å². The van der Waals surface area contributed by atoms with E-state index >= 15 is 0 Å². The molecular formula is N4O12Si3. The molecule has 0 N–H and O–H groups in total. The lowest BCUT2D eigenvalue weighted by molar-refractivity contribution is -0.627. The molecule has 0 bridgehead atoms. The topological polar surface area (TPSA) is 399 Å². The average Bonchev–Trinajstić information content (AvgIpc) is 1.41. The molecule has 0 amide bonds. The monoisotopic (exact) mass is 332 g/mol. The van der Waals surface area contributed by atoms with Gasteiger partial charge in [-0.05, 0) is 0 Å². The van der Waals surface area contributed by atoms with Gasteiger partial charge in [-0.3, -0.25) is 0 Å². The van der Waals surface area contributed by atoms with Crippen molar-refractivity contribution < 1.29 is 57.5 Å². The van der Waals surface area contributed by atoms with Gasteiger partial charge in [-0.2, -0.15) is 0 Å². The van der Waals surface area contributed by atoms with Crippen molar-refractivity contribution in [1.82, 2.24) is 24.6 Å². The molecule has 0 aliphatic heterocycles. The Morgan fingerprint density at radius 1 is 0.263 bits per heavy atom. The molecule has 0 atom stereocenters. The van der Waals surface area contributed by atoms with Crippen molar-refractivity contribution in [3.8, 4) is 0 Å². The maximum absolute atomic E-state index is 8.58. The van der Waals surface area contributed by atoms with E-state index in [-0.39, 0.29) is 24.6 Å². The Hall–Kier alpha value is -0.989. The Balaban J connectivity index is -0.0000000206. The molecule has 0 fully saturated rings. The molecule has 16 nitrogen and oxygen atoms in total. The summed E-state index contributed by atoms with van der Waals surface area (Å²) in [6.07, 6.45) is 0. The fraction of sp³-hybridized carbons (Fsp3) is 0. The quantitative estimate of drug-likeness (QED) is 0.372. The Kier molecular flexibility index (Phi) is 34.1. The Morgan fingerprint density at radius 3 is 0.263 bits per heavy atom. The van der Waals surface area contributed by atoms with Crippen LogP contribution in [0.15, 0.2) is 0 Å². The predicted molar refractivity (Wildman–Crippen MR) is 25.8 cm³/mol. The Labute approximate surface area is 110 Å². The lowest BCUT2D eigenvalue weighted by Gasteiger charge is -2.67. The van der Waals surface area contributed by atoms with Crippen LogP contribution in [0.2, 0.25) is 0 Å². The van der Waals surface area contributed by atoms with E-state index in [1.165, 1.54) is 0 Å². The molecule has 8 radical (unpaired) electrons. The van der Waals surface area contributed by atoms with E-state index in [1.807, 2.05) is 0 Å². The molecule has 0 heterocycles. The van der Waals surface area contributed by atoms with Gasteiger partial charge in [0.25, 0.3) is 0 Å². The second-order valence-corrected chi connectivity index (χ2v) is 4.50. The van der Waals surface area contributed by atoms with Crippen LogP contribution in [0.25, 0.3) is 0 Å². The van der Waals surface area contributed by atoms with Crippen molar-refractivity contribution in [3.05, 3.63) is 0 Å². The van der Waals surface area contributed by atoms with Crippen LogP contribution in [0.4, 0.5) is 0 Å². The summed E-state index contributed by atoms with van der Waals surface area (Å²) in [4.78, 5) is 103. The molecule has 19 heteroatoms. The molecule has 0 aliphatic rings. The molecule has 0 unspecified atom stereocenters. The molecular weight excluding hydrogens is 332 g/mol. The van der Waals surface area contributed by atoms with E-state index in [2.05, 4.69) is 0 Å². The summed E-state index contributed by atoms with van der Waals surface area (Å²) in [5.74, 6) is 0. The van der Waals surface area contributed by atoms with Gasteiger partial charge < -0.3 is 84.7 Å². The minimum absolute atomic E-state index is 0. The van der Waals surface area contributed by atoms with Crippen LogP contribution in [-0.2, 0) is 0 Å². The van der Waals surface area contributed by atoms with Crippen molar-refractivity contribution in [1.29, 1.82) is 0 Å². The maximum atomic E-state index is 8.58. The van der Waals surface area contributed by atoms with E-state index in [4.69, 9.17) is 57.5 Å². The molecule has 104 valence electrons. The SMILES string of the molecule is [N+3].[N+3].[N+3].[N+3].[O-][Si]([O-])([O-])[O-].[O-][Si]([O-])([O-])[O-].[O-][Si]([O-])([O-])[O-]. The first-order valence-electron chi connectivity index (χ1n) is 2.45. The van der Waals surface area contributed by atoms with Gasteiger partial charge in [-0.25, -0.2) is 0 Å². The number of hydrogen-bond acceptors (Lipinski definition) is 12. The van der Waals surface area contributed by atoms with Crippen LogP contribution < -0.4 is 82.2 Å². The van der Waals surface area contributed by atoms with E-state index in [0.29, 0.717) is 0 Å². The lowest BCUT2D eigenvalue weighted by atomic mass is 14.0. The van der Waals surface area contributed by atoms with Crippen molar-refractivity contribution in [2.24, 2.45) is 0 Å². The van der Waals surface area contributed by atoms with Crippen molar-refractivity contribution in [2.75, 3.05) is 0 Å². The highest BCUT2D eigenvalue weighted by Gasteiger charge is 3.00. The molecule has 0 spiro atoms. The highest BCUT2D eigenvalue weighted by Crippen LogP contribution is 1.27. The van der Waals surface area contributed by atoms with E-state index in [9.17, 15) is 0 Å². The second-order valence-electron chi connectivity index (χ2n) is 1.50. The highest BCUT2D eigenvalue weighted by molar-refractivity contribution is 6.39. The molecule has 19 heavy (non-hydrogen) atoms. The predicted octanol–water partition coefficient (Wildman–Crippen LogP) is -17.3. The van der Waals surface area contributed by atoms with Gasteiger partial charge in [-0.1, -0.05) is 0 Å². The Bertz CT molecular complexity index is 100.0. The molecule has 0 aromatic rings. The van der Waals surface area contributed by atoms with Gasteiger partial charge in [0, 0.05) is 0 Å². The summed E-state index contributed by atoms with van der Waals surface area (Å²) < 4.78 is 0. The summed E-state index contributed by atoms with van der Waals surface area (Å²) in [7, 11) is -16.8. The van der Waals surface area contributed by atoms with Gasteiger partial charge >= 0.3 is 24.6 Å². The van der Waals surface area contributed by atoms with Crippen LogP contribution >= 0.6 is 0 Å². The molecule has 0 aromatic heterocycles. The average molecular weight is 332 g/mol. The number of nitrogens with zero attached hydrogens (tertiary/aromatic N) is 4. The number of rotatable bonds is 0. The van der Waals surface area contributed by atoms with Crippen LogP contribution in [-0.4, -0.2) is 27.1 Å². The smallest absolute Gasteiger partial charge is 0.894 e. The third kappa shape index (κ3) is 3920. The third-order valence-electron chi connectivity index (χ3n) is 0. The largest absolute Gasteiger partial charge is 3.00 e. The van der Waals surface area contributed by atoms with Gasteiger partial charge in [-0.15, -0.1) is 0 Å². The molecule has 0 aromatic carbocycles. The van der Waals surface area contributed by atoms with Crippen LogP contribution in [0.5, 0.6) is 0 Å². The maximum Gasteiger partial charge on any atom is 3.00 e. The van der Waals surface area contributed by atoms with Crippen molar-refractivity contribution >= 4 is 27.1 Å². The molecule has 0 rings (SSSR count). The summed E-state index contributed by atoms with van der Waals surface area (Å²) in [6, 6.07) is 0. The first-order valence-corrected chi connectivity index (χ1v) is 7.35. The fourth-order valence-electron chi connectivity index (χ4n) is 0. The third-order valence-corrected chi connectivity index (χ3v) is 0. The Morgan fingerprint density at radius 2 is 0.263 bits per heavy atom. The van der Waals surface area contributed by atoms with Crippen molar-refractivity contribution in [3.63, 3.8) is 0 Å². The summed E-state index contributed by atoms with van der Waals surface area (Å²) >= 11 is 0. The van der Waals surface area contributed by atoms with Crippen LogP contribution in [0, 0.1) is 0 Å². The van der Waals surface area contributed by atoms with E-state index in [0.717, 1.165) is 0 Å². The first-order chi connectivity index (χ1) is 6.00. The molecule has 0 saturated carbocycles. The minimum Gasteiger partial charge on any atom is -0.894 e. The van der Waals surface area contributed by atoms with Gasteiger partial charge in [0.05, 0.1) is 0 Å². The zero-order valence-corrected chi connectivity index (χ0v) is 11.2. The summed E-state index contributed by atoms with van der Waals surface area (Å²) in [6.45, 7) is 0. The zero-order valence-electron chi connectivity index (χ0n) is 8.19. The fourth-order valence-corrected chi connectivity index (χ4v) is 0. The van der Waals surface area contributed by atoms with Gasteiger partial charge in [0.2, 0.25) is 0 Å². The summed E-state index contributed by atoms with van der Waals surface area (Å²) in [5, 5.41) is 0. The zero-order chi connectivity index (χ0) is 13.5. The number of hydrogen-bond donors (Lipinski definition) is 0. The first kappa shape index (κ1) is 43.0. The van der Waals surface area contributed by atoms with Crippen molar-refractivity contribution in [2.45, 2.75) is 0 Å². The second kappa shape index (κ2) is 15.1. The standard InChI is InChI=1S/4N.3O4Si/c;;;;3*1-5(2,3)4/q4*+3;3*-4.